The number of anilines is 1. The minimum Gasteiger partial charge on any atom is -0.407 e. The summed E-state index contributed by atoms with van der Waals surface area (Å²) in [5, 5.41) is 11.3. The van der Waals surface area contributed by atoms with E-state index in [2.05, 4.69) is 36.3 Å². The van der Waals surface area contributed by atoms with Crippen molar-refractivity contribution >= 4 is 11.9 Å². The molecular formula is C14H27N5O2. The molecule has 120 valence electrons. The van der Waals surface area contributed by atoms with Crippen LogP contribution in [0.3, 0.4) is 0 Å². The average molecular weight is 297 g/mol. The van der Waals surface area contributed by atoms with Gasteiger partial charge in [-0.2, -0.15) is 0 Å². The standard InChI is InChI=1S/C14H27N5O2/c1-6-7-19(10-13(20)18(4)5)14-17-16-12(21-14)9-15-8-11(2)3/h11,15H,6-10H2,1-5H3. The highest BCUT2D eigenvalue weighted by molar-refractivity contribution is 5.80. The van der Waals surface area contributed by atoms with Crippen molar-refractivity contribution in [3.8, 4) is 0 Å². The zero-order valence-corrected chi connectivity index (χ0v) is 13.7. The molecule has 0 aromatic carbocycles. The SMILES string of the molecule is CCCN(CC(=O)N(C)C)c1nnc(CNCC(C)C)o1. The zero-order valence-electron chi connectivity index (χ0n) is 13.7. The van der Waals surface area contributed by atoms with Crippen LogP contribution in [0.1, 0.15) is 33.1 Å². The Hall–Kier alpha value is -1.63. The number of carbonyl (C=O) groups excluding carboxylic acids is 1. The fraction of sp³-hybridized carbons (Fsp3) is 0.786. The predicted molar refractivity (Wildman–Crippen MR) is 82.0 cm³/mol. The van der Waals surface area contributed by atoms with Gasteiger partial charge in [0, 0.05) is 20.6 Å². The number of hydrogen-bond acceptors (Lipinski definition) is 6. The lowest BCUT2D eigenvalue weighted by atomic mass is 10.2. The molecule has 0 radical (unpaired) electrons. The quantitative estimate of drug-likeness (QED) is 0.736. The highest BCUT2D eigenvalue weighted by atomic mass is 16.4. The van der Waals surface area contributed by atoms with E-state index in [4.69, 9.17) is 4.42 Å². The van der Waals surface area contributed by atoms with Gasteiger partial charge in [-0.05, 0) is 18.9 Å². The first kappa shape index (κ1) is 17.4. The van der Waals surface area contributed by atoms with Crippen LogP contribution >= 0.6 is 0 Å². The van der Waals surface area contributed by atoms with Crippen LogP contribution < -0.4 is 10.2 Å². The summed E-state index contributed by atoms with van der Waals surface area (Å²) in [4.78, 5) is 15.2. The lowest BCUT2D eigenvalue weighted by molar-refractivity contribution is -0.127. The Balaban J connectivity index is 2.62. The molecule has 21 heavy (non-hydrogen) atoms. The highest BCUT2D eigenvalue weighted by Crippen LogP contribution is 2.13. The molecule has 0 saturated heterocycles. The Morgan fingerprint density at radius 2 is 2.05 bits per heavy atom. The Morgan fingerprint density at radius 3 is 2.62 bits per heavy atom. The van der Waals surface area contributed by atoms with Gasteiger partial charge in [0.05, 0.1) is 6.54 Å². The van der Waals surface area contributed by atoms with Crippen LogP contribution in [0.25, 0.3) is 0 Å². The van der Waals surface area contributed by atoms with Gasteiger partial charge in [0.2, 0.25) is 11.8 Å². The molecule has 0 spiro atoms. The van der Waals surface area contributed by atoms with Crippen LogP contribution in [0, 0.1) is 5.92 Å². The van der Waals surface area contributed by atoms with Crippen molar-refractivity contribution in [2.75, 3.05) is 38.6 Å². The van der Waals surface area contributed by atoms with Crippen LogP contribution in [0.2, 0.25) is 0 Å². The molecule has 0 fully saturated rings. The van der Waals surface area contributed by atoms with Crippen LogP contribution in [-0.2, 0) is 11.3 Å². The van der Waals surface area contributed by atoms with Gasteiger partial charge in [-0.3, -0.25) is 4.79 Å². The van der Waals surface area contributed by atoms with Gasteiger partial charge in [0.15, 0.2) is 0 Å². The summed E-state index contributed by atoms with van der Waals surface area (Å²) in [5.41, 5.74) is 0. The van der Waals surface area contributed by atoms with Crippen molar-refractivity contribution in [1.29, 1.82) is 0 Å². The van der Waals surface area contributed by atoms with E-state index in [1.165, 1.54) is 0 Å². The second-order valence-corrected chi connectivity index (χ2v) is 5.71. The van der Waals surface area contributed by atoms with E-state index in [-0.39, 0.29) is 12.5 Å². The van der Waals surface area contributed by atoms with Crippen molar-refractivity contribution in [2.24, 2.45) is 5.92 Å². The summed E-state index contributed by atoms with van der Waals surface area (Å²) in [6, 6.07) is 0.411. The summed E-state index contributed by atoms with van der Waals surface area (Å²) in [5.74, 6) is 1.13. The number of nitrogens with zero attached hydrogens (tertiary/aromatic N) is 4. The molecule has 1 N–H and O–H groups in total. The Morgan fingerprint density at radius 1 is 1.33 bits per heavy atom. The highest BCUT2D eigenvalue weighted by Gasteiger charge is 2.18. The maximum atomic E-state index is 11.8. The molecule has 0 saturated carbocycles. The van der Waals surface area contributed by atoms with Crippen molar-refractivity contribution in [2.45, 2.75) is 33.7 Å². The van der Waals surface area contributed by atoms with Crippen molar-refractivity contribution in [3.05, 3.63) is 5.89 Å². The molecule has 0 aliphatic heterocycles. The maximum absolute atomic E-state index is 11.8. The molecule has 0 atom stereocenters. The van der Waals surface area contributed by atoms with Crippen LogP contribution in [0.15, 0.2) is 4.42 Å². The molecule has 1 amide bonds. The molecule has 1 rings (SSSR count). The Labute approximate surface area is 126 Å². The van der Waals surface area contributed by atoms with Crippen LogP contribution in [-0.4, -0.2) is 54.7 Å². The molecule has 7 heteroatoms. The fourth-order valence-electron chi connectivity index (χ4n) is 1.73. The largest absolute Gasteiger partial charge is 0.407 e. The molecule has 0 aliphatic rings. The van der Waals surface area contributed by atoms with E-state index in [1.54, 1.807) is 19.0 Å². The summed E-state index contributed by atoms with van der Waals surface area (Å²) in [6.07, 6.45) is 0.907. The third-order valence-corrected chi connectivity index (χ3v) is 2.87. The van der Waals surface area contributed by atoms with E-state index in [0.717, 1.165) is 13.0 Å². The number of likely N-dealkylation sites (N-methyl/N-ethyl adjacent to an activating group) is 1. The smallest absolute Gasteiger partial charge is 0.318 e. The van der Waals surface area contributed by atoms with E-state index in [0.29, 0.717) is 30.9 Å². The molecule has 0 unspecified atom stereocenters. The zero-order chi connectivity index (χ0) is 15.8. The summed E-state index contributed by atoms with van der Waals surface area (Å²) >= 11 is 0. The third kappa shape index (κ3) is 6.12. The van der Waals surface area contributed by atoms with Gasteiger partial charge < -0.3 is 19.5 Å². The second kappa shape index (κ2) is 8.61. The second-order valence-electron chi connectivity index (χ2n) is 5.71. The summed E-state index contributed by atoms with van der Waals surface area (Å²) in [7, 11) is 3.48. The molecular weight excluding hydrogens is 270 g/mol. The molecule has 7 nitrogen and oxygen atoms in total. The van der Waals surface area contributed by atoms with Crippen molar-refractivity contribution in [1.82, 2.24) is 20.4 Å². The van der Waals surface area contributed by atoms with E-state index in [1.807, 2.05) is 4.90 Å². The number of nitrogens with one attached hydrogen (secondary N) is 1. The number of hydrogen-bond donors (Lipinski definition) is 1. The number of carbonyl (C=O) groups is 1. The van der Waals surface area contributed by atoms with Crippen LogP contribution in [0.4, 0.5) is 6.01 Å². The summed E-state index contributed by atoms with van der Waals surface area (Å²) < 4.78 is 5.63. The van der Waals surface area contributed by atoms with Crippen LogP contribution in [0.5, 0.6) is 0 Å². The van der Waals surface area contributed by atoms with E-state index < -0.39 is 0 Å². The normalized spacial score (nSPS) is 11.0. The first-order chi connectivity index (χ1) is 9.93. The third-order valence-electron chi connectivity index (χ3n) is 2.87. The van der Waals surface area contributed by atoms with Crippen molar-refractivity contribution < 1.29 is 9.21 Å². The Bertz CT molecular complexity index is 431. The summed E-state index contributed by atoms with van der Waals surface area (Å²) in [6.45, 7) is 8.74. The Kier molecular flexibility index (Phi) is 7.14. The molecule has 1 heterocycles. The molecule has 0 bridgehead atoms. The lowest BCUT2D eigenvalue weighted by Crippen LogP contribution is -2.37. The average Bonchev–Trinajstić information content (AvgIpc) is 2.86. The number of rotatable bonds is 9. The first-order valence-corrected chi connectivity index (χ1v) is 7.42. The van der Waals surface area contributed by atoms with Gasteiger partial charge in [-0.25, -0.2) is 0 Å². The predicted octanol–water partition coefficient (Wildman–Crippen LogP) is 1.12. The van der Waals surface area contributed by atoms with Gasteiger partial charge in [0.25, 0.3) is 0 Å². The van der Waals surface area contributed by atoms with Gasteiger partial charge in [-0.15, -0.1) is 5.10 Å². The maximum Gasteiger partial charge on any atom is 0.318 e. The first-order valence-electron chi connectivity index (χ1n) is 7.42. The van der Waals surface area contributed by atoms with Crippen molar-refractivity contribution in [3.63, 3.8) is 0 Å². The lowest BCUT2D eigenvalue weighted by Gasteiger charge is -2.20. The van der Waals surface area contributed by atoms with Gasteiger partial charge >= 0.3 is 6.01 Å². The monoisotopic (exact) mass is 297 g/mol. The van der Waals surface area contributed by atoms with E-state index >= 15 is 0 Å². The topological polar surface area (TPSA) is 74.5 Å². The number of amides is 1. The minimum atomic E-state index is 0.0149. The van der Waals surface area contributed by atoms with Gasteiger partial charge in [0.1, 0.15) is 6.54 Å². The number of aromatic nitrogens is 2. The molecule has 1 aromatic rings. The molecule has 1 aromatic heterocycles. The van der Waals surface area contributed by atoms with E-state index in [9.17, 15) is 4.79 Å². The molecule has 0 aliphatic carbocycles. The minimum absolute atomic E-state index is 0.0149. The van der Waals surface area contributed by atoms with Gasteiger partial charge in [-0.1, -0.05) is 25.9 Å². The fourth-order valence-corrected chi connectivity index (χ4v) is 1.73.